The Balaban J connectivity index is 1.44. The van der Waals surface area contributed by atoms with Gasteiger partial charge in [-0.3, -0.25) is 9.69 Å². The van der Waals surface area contributed by atoms with Gasteiger partial charge in [-0.1, -0.05) is 18.2 Å². The first-order chi connectivity index (χ1) is 15.7. The maximum absolute atomic E-state index is 12.8. The highest BCUT2D eigenvalue weighted by molar-refractivity contribution is 7.89. The molecule has 0 bridgehead atoms. The van der Waals surface area contributed by atoms with E-state index in [9.17, 15) is 13.2 Å². The molecular formula is C20H24N8O4S. The van der Waals surface area contributed by atoms with E-state index in [-0.39, 0.29) is 35.9 Å². The third kappa shape index (κ3) is 4.94. The van der Waals surface area contributed by atoms with E-state index >= 15 is 0 Å². The van der Waals surface area contributed by atoms with Crippen LogP contribution in [-0.4, -0.2) is 64.7 Å². The van der Waals surface area contributed by atoms with Crippen molar-refractivity contribution < 1.29 is 17.6 Å². The number of anilines is 3. The molecule has 1 aromatic carbocycles. The zero-order valence-corrected chi connectivity index (χ0v) is 18.7. The van der Waals surface area contributed by atoms with Gasteiger partial charge >= 0.3 is 0 Å². The molecule has 1 aliphatic rings. The summed E-state index contributed by atoms with van der Waals surface area (Å²) in [6.45, 7) is 3.27. The van der Waals surface area contributed by atoms with Crippen LogP contribution in [0.25, 0.3) is 0 Å². The smallest absolute Gasteiger partial charge is 0.284 e. The van der Waals surface area contributed by atoms with E-state index in [4.69, 9.17) is 15.9 Å². The minimum absolute atomic E-state index is 0.0922. The highest BCUT2D eigenvalue weighted by Crippen LogP contribution is 2.24. The lowest BCUT2D eigenvalue weighted by Gasteiger charge is -2.36. The Kier molecular flexibility index (Phi) is 6.26. The fourth-order valence-electron chi connectivity index (χ4n) is 3.52. The second-order valence-electron chi connectivity index (χ2n) is 7.47. The molecule has 33 heavy (non-hydrogen) atoms. The first kappa shape index (κ1) is 22.6. The van der Waals surface area contributed by atoms with Gasteiger partial charge in [0.1, 0.15) is 0 Å². The van der Waals surface area contributed by atoms with Gasteiger partial charge in [-0.15, -0.1) is 0 Å². The lowest BCUT2D eigenvalue weighted by molar-refractivity contribution is 0.0968. The summed E-state index contributed by atoms with van der Waals surface area (Å²) in [6, 6.07) is 11.7. The Morgan fingerprint density at radius 2 is 1.76 bits per heavy atom. The van der Waals surface area contributed by atoms with Crippen LogP contribution in [-0.2, 0) is 10.0 Å². The van der Waals surface area contributed by atoms with Crippen molar-refractivity contribution in [3.63, 3.8) is 0 Å². The van der Waals surface area contributed by atoms with E-state index in [1.54, 1.807) is 0 Å². The molecule has 13 heteroatoms. The quantitative estimate of drug-likeness (QED) is 0.449. The van der Waals surface area contributed by atoms with Gasteiger partial charge in [-0.05, 0) is 31.2 Å². The minimum atomic E-state index is -3.88. The van der Waals surface area contributed by atoms with Crippen molar-refractivity contribution in [1.82, 2.24) is 24.2 Å². The number of nitrogen functional groups attached to an aromatic ring is 1. The number of primary amides is 1. The number of furan rings is 1. The Morgan fingerprint density at radius 3 is 2.39 bits per heavy atom. The topological polar surface area (TPSA) is 174 Å². The van der Waals surface area contributed by atoms with E-state index in [0.717, 1.165) is 5.69 Å². The van der Waals surface area contributed by atoms with Gasteiger partial charge in [-0.25, -0.2) is 8.42 Å². The molecule has 1 atom stereocenters. The number of rotatable bonds is 7. The maximum Gasteiger partial charge on any atom is 0.284 e. The number of para-hydroxylation sites is 1. The van der Waals surface area contributed by atoms with Gasteiger partial charge in [0.25, 0.3) is 15.9 Å². The summed E-state index contributed by atoms with van der Waals surface area (Å²) in [7, 11) is -3.88. The van der Waals surface area contributed by atoms with Crippen molar-refractivity contribution in [3.05, 3.63) is 54.0 Å². The monoisotopic (exact) mass is 472 g/mol. The SMILES string of the molecule is CC(c1nc(N)nc(Nc2ccccc2)n1)N1CCN(S(=O)(=O)c2ccc(C(N)=O)o2)CC1. The maximum atomic E-state index is 12.8. The Bertz CT molecular complexity index is 1240. The molecule has 1 amide bonds. The normalized spacial score (nSPS) is 16.4. The van der Waals surface area contributed by atoms with Crippen molar-refractivity contribution in [2.75, 3.05) is 37.2 Å². The summed E-state index contributed by atoms with van der Waals surface area (Å²) in [6.07, 6.45) is 0. The number of sulfonamides is 1. The van der Waals surface area contributed by atoms with E-state index in [2.05, 4.69) is 25.2 Å². The van der Waals surface area contributed by atoms with Crippen molar-refractivity contribution >= 4 is 33.5 Å². The second-order valence-corrected chi connectivity index (χ2v) is 9.33. The highest BCUT2D eigenvalue weighted by Gasteiger charge is 2.33. The predicted molar refractivity (Wildman–Crippen MR) is 120 cm³/mol. The Labute approximate surface area is 190 Å². The van der Waals surface area contributed by atoms with Gasteiger partial charge in [0, 0.05) is 31.9 Å². The first-order valence-electron chi connectivity index (χ1n) is 10.2. The number of nitrogens with two attached hydrogens (primary N) is 2. The average molecular weight is 473 g/mol. The van der Waals surface area contributed by atoms with Gasteiger partial charge in [-0.2, -0.15) is 19.3 Å². The van der Waals surface area contributed by atoms with Crippen LogP contribution in [0.1, 0.15) is 29.3 Å². The molecule has 0 spiro atoms. The number of benzene rings is 1. The molecule has 174 valence electrons. The number of nitrogens with one attached hydrogen (secondary N) is 1. The second kappa shape index (κ2) is 9.13. The fourth-order valence-corrected chi connectivity index (χ4v) is 4.85. The molecule has 3 aromatic rings. The first-order valence-corrected chi connectivity index (χ1v) is 11.7. The number of amides is 1. The summed E-state index contributed by atoms with van der Waals surface area (Å²) in [5, 5.41) is 2.80. The Morgan fingerprint density at radius 1 is 1.06 bits per heavy atom. The van der Waals surface area contributed by atoms with Crippen LogP contribution >= 0.6 is 0 Å². The summed E-state index contributed by atoms with van der Waals surface area (Å²) in [5.41, 5.74) is 11.9. The van der Waals surface area contributed by atoms with Crippen molar-refractivity contribution in [3.8, 4) is 0 Å². The van der Waals surface area contributed by atoms with Gasteiger partial charge in [0.05, 0.1) is 6.04 Å². The molecular weight excluding hydrogens is 448 g/mol. The lowest BCUT2D eigenvalue weighted by Crippen LogP contribution is -2.49. The number of carbonyl (C=O) groups is 1. The number of nitrogens with zero attached hydrogens (tertiary/aromatic N) is 5. The number of hydrogen-bond acceptors (Lipinski definition) is 10. The van der Waals surface area contributed by atoms with E-state index in [1.165, 1.54) is 16.4 Å². The molecule has 1 aliphatic heterocycles. The van der Waals surface area contributed by atoms with Crippen LogP contribution in [0, 0.1) is 0 Å². The fraction of sp³-hybridized carbons (Fsp3) is 0.300. The molecule has 4 rings (SSSR count). The molecule has 0 radical (unpaired) electrons. The van der Waals surface area contributed by atoms with E-state index < -0.39 is 15.9 Å². The summed E-state index contributed by atoms with van der Waals surface area (Å²) >= 11 is 0. The van der Waals surface area contributed by atoms with E-state index in [0.29, 0.717) is 24.9 Å². The minimum Gasteiger partial charge on any atom is -0.438 e. The largest absolute Gasteiger partial charge is 0.438 e. The van der Waals surface area contributed by atoms with Crippen LogP contribution in [0.4, 0.5) is 17.6 Å². The average Bonchev–Trinajstić information content (AvgIpc) is 3.31. The predicted octanol–water partition coefficient (Wildman–Crippen LogP) is 0.957. The highest BCUT2D eigenvalue weighted by atomic mass is 32.2. The number of carbonyl (C=O) groups excluding carboxylic acids is 1. The molecule has 1 saturated heterocycles. The van der Waals surface area contributed by atoms with E-state index in [1.807, 2.05) is 37.3 Å². The molecule has 0 saturated carbocycles. The molecule has 3 heterocycles. The van der Waals surface area contributed by atoms with Crippen molar-refractivity contribution in [1.29, 1.82) is 0 Å². The van der Waals surface area contributed by atoms with Crippen LogP contribution in [0.5, 0.6) is 0 Å². The van der Waals surface area contributed by atoms with Crippen LogP contribution in [0.15, 0.2) is 52.0 Å². The number of hydrogen-bond donors (Lipinski definition) is 3. The van der Waals surface area contributed by atoms with Crippen molar-refractivity contribution in [2.45, 2.75) is 18.1 Å². The number of piperazine rings is 1. The lowest BCUT2D eigenvalue weighted by atomic mass is 10.2. The zero-order chi connectivity index (χ0) is 23.6. The third-order valence-electron chi connectivity index (χ3n) is 5.31. The third-order valence-corrected chi connectivity index (χ3v) is 7.09. The molecule has 1 fully saturated rings. The molecule has 5 N–H and O–H groups in total. The van der Waals surface area contributed by atoms with Gasteiger partial charge in [0.2, 0.25) is 17.0 Å². The molecule has 2 aromatic heterocycles. The van der Waals surface area contributed by atoms with Crippen LogP contribution in [0.2, 0.25) is 0 Å². The molecule has 12 nitrogen and oxygen atoms in total. The number of aromatic nitrogens is 3. The van der Waals surface area contributed by atoms with Crippen LogP contribution in [0.3, 0.4) is 0 Å². The molecule has 1 unspecified atom stereocenters. The zero-order valence-electron chi connectivity index (χ0n) is 17.9. The van der Waals surface area contributed by atoms with Gasteiger partial charge in [0.15, 0.2) is 11.6 Å². The van der Waals surface area contributed by atoms with Gasteiger partial charge < -0.3 is 21.2 Å². The Hall–Kier alpha value is -3.55. The summed E-state index contributed by atoms with van der Waals surface area (Å²) in [4.78, 5) is 26.2. The standard InChI is InChI=1S/C20H24N8O4S/c1-13(18-24-19(22)26-20(25-18)23-14-5-3-2-4-6-14)27-9-11-28(12-10-27)33(30,31)16-8-7-15(32-16)17(21)29/h2-8,13H,9-12H2,1H3,(H2,21,29)(H3,22,23,24,25,26). The summed E-state index contributed by atoms with van der Waals surface area (Å²) in [5.74, 6) is -0.121. The van der Waals surface area contributed by atoms with Crippen LogP contribution < -0.4 is 16.8 Å². The molecule has 0 aliphatic carbocycles. The summed E-state index contributed by atoms with van der Waals surface area (Å²) < 4.78 is 32.1. The van der Waals surface area contributed by atoms with Crippen molar-refractivity contribution in [2.24, 2.45) is 5.73 Å².